The fourth-order valence-corrected chi connectivity index (χ4v) is 1.33. The molecule has 0 spiro atoms. The molecule has 72 valence electrons. The van der Waals surface area contributed by atoms with Gasteiger partial charge in [0.2, 0.25) is 0 Å². The highest BCUT2D eigenvalue weighted by molar-refractivity contribution is 5.76. The van der Waals surface area contributed by atoms with Crippen molar-refractivity contribution in [3.05, 3.63) is 46.3 Å². The first-order valence-electron chi connectivity index (χ1n) is 4.39. The molecule has 1 N–H and O–H groups in total. The van der Waals surface area contributed by atoms with Crippen molar-refractivity contribution < 1.29 is 9.52 Å². The van der Waals surface area contributed by atoms with Gasteiger partial charge >= 0.3 is 0 Å². The van der Waals surface area contributed by atoms with E-state index in [2.05, 4.69) is 0 Å². The van der Waals surface area contributed by atoms with E-state index < -0.39 is 6.10 Å². The van der Waals surface area contributed by atoms with Gasteiger partial charge in [-0.25, -0.2) is 0 Å². The lowest BCUT2D eigenvalue weighted by Gasteiger charge is -2.04. The summed E-state index contributed by atoms with van der Waals surface area (Å²) in [5.74, 6) is 0.300. The van der Waals surface area contributed by atoms with Gasteiger partial charge in [0.15, 0.2) is 5.43 Å². The van der Waals surface area contributed by atoms with Crippen LogP contribution in [0.1, 0.15) is 18.8 Å². The number of aliphatic hydroxyl groups is 1. The van der Waals surface area contributed by atoms with Crippen LogP contribution in [0.2, 0.25) is 0 Å². The largest absolute Gasteiger partial charge is 0.458 e. The third kappa shape index (κ3) is 1.42. The fraction of sp³-hybridized carbons (Fsp3) is 0.182. The van der Waals surface area contributed by atoms with Gasteiger partial charge in [-0.2, -0.15) is 0 Å². The molecule has 0 radical (unpaired) electrons. The van der Waals surface area contributed by atoms with Crippen LogP contribution in [0.3, 0.4) is 0 Å². The Balaban J connectivity index is 2.79. The van der Waals surface area contributed by atoms with Crippen molar-refractivity contribution in [3.8, 4) is 0 Å². The smallest absolute Gasteiger partial charge is 0.193 e. The monoisotopic (exact) mass is 190 g/mol. The molecule has 0 aliphatic heterocycles. The summed E-state index contributed by atoms with van der Waals surface area (Å²) in [4.78, 5) is 11.5. The lowest BCUT2D eigenvalue weighted by molar-refractivity contribution is 0.170. The summed E-state index contributed by atoms with van der Waals surface area (Å²) in [6, 6.07) is 8.31. The van der Waals surface area contributed by atoms with Crippen LogP contribution in [0.4, 0.5) is 0 Å². The summed E-state index contributed by atoms with van der Waals surface area (Å²) in [6.07, 6.45) is -0.757. The second kappa shape index (κ2) is 3.27. The third-order valence-corrected chi connectivity index (χ3v) is 2.07. The van der Waals surface area contributed by atoms with Crippen molar-refractivity contribution in [1.29, 1.82) is 0 Å². The van der Waals surface area contributed by atoms with Gasteiger partial charge in [-0.3, -0.25) is 4.79 Å². The molecule has 1 unspecified atom stereocenters. The Bertz CT molecular complexity index is 511. The molecule has 0 saturated carbocycles. The third-order valence-electron chi connectivity index (χ3n) is 2.07. The van der Waals surface area contributed by atoms with Gasteiger partial charge in [0.05, 0.1) is 5.39 Å². The maximum Gasteiger partial charge on any atom is 0.193 e. The molecule has 1 aromatic carbocycles. The zero-order valence-electron chi connectivity index (χ0n) is 7.73. The first-order valence-corrected chi connectivity index (χ1v) is 4.39. The molecular formula is C11H10O3. The van der Waals surface area contributed by atoms with Gasteiger partial charge in [-0.05, 0) is 19.1 Å². The Hall–Kier alpha value is -1.61. The van der Waals surface area contributed by atoms with E-state index in [9.17, 15) is 9.90 Å². The molecule has 2 aromatic rings. The summed E-state index contributed by atoms with van der Waals surface area (Å²) >= 11 is 0. The molecule has 1 heterocycles. The van der Waals surface area contributed by atoms with E-state index in [0.29, 0.717) is 16.7 Å². The zero-order valence-corrected chi connectivity index (χ0v) is 7.73. The maximum absolute atomic E-state index is 11.5. The first kappa shape index (κ1) is 8.97. The number of hydrogen-bond donors (Lipinski definition) is 1. The van der Waals surface area contributed by atoms with Gasteiger partial charge in [0.1, 0.15) is 17.4 Å². The van der Waals surface area contributed by atoms with E-state index in [4.69, 9.17) is 4.42 Å². The zero-order chi connectivity index (χ0) is 10.1. The van der Waals surface area contributed by atoms with Crippen LogP contribution in [0, 0.1) is 0 Å². The van der Waals surface area contributed by atoms with Crippen molar-refractivity contribution >= 4 is 11.0 Å². The van der Waals surface area contributed by atoms with Gasteiger partial charge in [-0.1, -0.05) is 12.1 Å². The number of para-hydroxylation sites is 1. The van der Waals surface area contributed by atoms with Gasteiger partial charge in [0.25, 0.3) is 0 Å². The van der Waals surface area contributed by atoms with E-state index in [0.717, 1.165) is 0 Å². The van der Waals surface area contributed by atoms with Crippen LogP contribution in [0.5, 0.6) is 0 Å². The van der Waals surface area contributed by atoms with E-state index in [1.54, 1.807) is 31.2 Å². The van der Waals surface area contributed by atoms with Crippen LogP contribution in [-0.2, 0) is 0 Å². The number of aliphatic hydroxyl groups excluding tert-OH is 1. The predicted octanol–water partition coefficient (Wildman–Crippen LogP) is 1.85. The number of fused-ring (bicyclic) bond motifs is 1. The fourth-order valence-electron chi connectivity index (χ4n) is 1.33. The molecule has 3 nitrogen and oxygen atoms in total. The van der Waals surface area contributed by atoms with Crippen LogP contribution >= 0.6 is 0 Å². The van der Waals surface area contributed by atoms with Crippen LogP contribution in [-0.4, -0.2) is 5.11 Å². The van der Waals surface area contributed by atoms with E-state index in [-0.39, 0.29) is 5.43 Å². The number of benzene rings is 1. The molecule has 0 aliphatic rings. The average molecular weight is 190 g/mol. The Morgan fingerprint density at radius 3 is 2.79 bits per heavy atom. The second-order valence-corrected chi connectivity index (χ2v) is 3.19. The Labute approximate surface area is 80.6 Å². The topological polar surface area (TPSA) is 50.4 Å². The van der Waals surface area contributed by atoms with E-state index >= 15 is 0 Å². The van der Waals surface area contributed by atoms with E-state index in [1.807, 2.05) is 0 Å². The Morgan fingerprint density at radius 2 is 2.07 bits per heavy atom. The van der Waals surface area contributed by atoms with Crippen molar-refractivity contribution in [2.75, 3.05) is 0 Å². The Kier molecular flexibility index (Phi) is 2.09. The quantitative estimate of drug-likeness (QED) is 0.746. The molecule has 1 aromatic heterocycles. The standard InChI is InChI=1S/C11H10O3/c1-7(12)11-6-9(13)8-4-2-3-5-10(8)14-11/h2-7,12H,1H3. The number of hydrogen-bond acceptors (Lipinski definition) is 3. The summed E-state index contributed by atoms with van der Waals surface area (Å²) < 4.78 is 5.35. The van der Waals surface area contributed by atoms with Crippen molar-refractivity contribution in [3.63, 3.8) is 0 Å². The lowest BCUT2D eigenvalue weighted by Crippen LogP contribution is -2.03. The van der Waals surface area contributed by atoms with Crippen LogP contribution in [0.15, 0.2) is 39.5 Å². The minimum absolute atomic E-state index is 0.122. The predicted molar refractivity (Wildman–Crippen MR) is 53.1 cm³/mol. The van der Waals surface area contributed by atoms with E-state index in [1.165, 1.54) is 6.07 Å². The molecule has 1 atom stereocenters. The summed E-state index contributed by atoms with van der Waals surface area (Å²) in [5, 5.41) is 9.81. The maximum atomic E-state index is 11.5. The van der Waals surface area contributed by atoms with Gasteiger partial charge < -0.3 is 9.52 Å². The molecule has 14 heavy (non-hydrogen) atoms. The molecule has 0 bridgehead atoms. The lowest BCUT2D eigenvalue weighted by atomic mass is 10.2. The summed E-state index contributed by atoms with van der Waals surface area (Å²) in [6.45, 7) is 1.56. The van der Waals surface area contributed by atoms with Crippen molar-refractivity contribution in [2.45, 2.75) is 13.0 Å². The Morgan fingerprint density at radius 1 is 1.36 bits per heavy atom. The van der Waals surface area contributed by atoms with Crippen LogP contribution in [0.25, 0.3) is 11.0 Å². The molecule has 0 saturated heterocycles. The first-order chi connectivity index (χ1) is 6.68. The average Bonchev–Trinajstić information content (AvgIpc) is 2.17. The molecule has 0 fully saturated rings. The van der Waals surface area contributed by atoms with Crippen molar-refractivity contribution in [2.24, 2.45) is 0 Å². The number of rotatable bonds is 1. The molecule has 0 amide bonds. The van der Waals surface area contributed by atoms with Gasteiger partial charge in [0, 0.05) is 6.07 Å². The SMILES string of the molecule is CC(O)c1cc(=O)c2ccccc2o1. The normalized spacial score (nSPS) is 13.0. The molecule has 2 rings (SSSR count). The van der Waals surface area contributed by atoms with Gasteiger partial charge in [-0.15, -0.1) is 0 Å². The minimum Gasteiger partial charge on any atom is -0.458 e. The molecular weight excluding hydrogens is 180 g/mol. The molecule has 3 heteroatoms. The summed E-state index contributed by atoms with van der Waals surface area (Å²) in [5.41, 5.74) is 0.388. The van der Waals surface area contributed by atoms with Crippen molar-refractivity contribution in [1.82, 2.24) is 0 Å². The summed E-state index contributed by atoms with van der Waals surface area (Å²) in [7, 11) is 0. The minimum atomic E-state index is -0.757. The highest BCUT2D eigenvalue weighted by atomic mass is 16.4. The second-order valence-electron chi connectivity index (χ2n) is 3.19. The van der Waals surface area contributed by atoms with Crippen LogP contribution < -0.4 is 5.43 Å². The highest BCUT2D eigenvalue weighted by Crippen LogP contribution is 2.16. The molecule has 0 aliphatic carbocycles. The highest BCUT2D eigenvalue weighted by Gasteiger charge is 2.07.